The Morgan fingerprint density at radius 3 is 2.69 bits per heavy atom. The van der Waals surface area contributed by atoms with Crippen molar-refractivity contribution in [3.8, 4) is 0 Å². The number of hydrogen-bond donors (Lipinski definition) is 2. The van der Waals surface area contributed by atoms with Crippen molar-refractivity contribution in [3.05, 3.63) is 41.5 Å². The van der Waals surface area contributed by atoms with Gasteiger partial charge < -0.3 is 19.9 Å². The normalized spacial score (nSPS) is 17.7. The number of H-pyrrole nitrogens is 1. The van der Waals surface area contributed by atoms with Crippen molar-refractivity contribution < 1.29 is 13.9 Å². The minimum Gasteiger partial charge on any atom is -0.474 e. The maximum Gasteiger partial charge on any atom is 0.257 e. The maximum atomic E-state index is 15.0. The van der Waals surface area contributed by atoms with Gasteiger partial charge in [-0.25, -0.2) is 4.39 Å². The average molecular weight is 418 g/mol. The van der Waals surface area contributed by atoms with E-state index in [0.29, 0.717) is 43.1 Å². The molecule has 2 N–H and O–H groups in total. The average Bonchev–Trinajstić information content (AvgIpc) is 3.46. The smallest absolute Gasteiger partial charge is 0.257 e. The Bertz CT molecular complexity index is 881. The second-order valence-corrected chi connectivity index (χ2v) is 7.64. The molecule has 154 valence electrons. The molecule has 2 aromatic rings. The van der Waals surface area contributed by atoms with Crippen molar-refractivity contribution in [1.82, 2.24) is 25.6 Å². The predicted molar refractivity (Wildman–Crippen MR) is 109 cm³/mol. The minimum absolute atomic E-state index is 0.180. The first kappa shape index (κ1) is 19.6. The van der Waals surface area contributed by atoms with Crippen LogP contribution in [0.1, 0.15) is 30.1 Å². The topological polar surface area (TPSA) is 86.4 Å². The molecule has 1 unspecified atom stereocenters. The Morgan fingerprint density at radius 1 is 1.34 bits per heavy atom. The van der Waals surface area contributed by atoms with Gasteiger partial charge in [0.1, 0.15) is 17.6 Å². The molecule has 0 radical (unpaired) electrons. The fourth-order valence-corrected chi connectivity index (χ4v) is 3.69. The zero-order valence-corrected chi connectivity index (χ0v) is 16.9. The lowest BCUT2D eigenvalue weighted by Crippen LogP contribution is -2.49. The zero-order chi connectivity index (χ0) is 20.4. The van der Waals surface area contributed by atoms with Gasteiger partial charge in [-0.3, -0.25) is 9.89 Å². The second-order valence-electron chi connectivity index (χ2n) is 7.26. The van der Waals surface area contributed by atoms with Crippen LogP contribution >= 0.6 is 12.2 Å². The highest BCUT2D eigenvalue weighted by molar-refractivity contribution is 7.80. The number of rotatable bonds is 5. The van der Waals surface area contributed by atoms with E-state index in [9.17, 15) is 9.18 Å². The Kier molecular flexibility index (Phi) is 5.61. The number of nitrogens with zero attached hydrogens (tertiary/aromatic N) is 4. The number of ether oxygens (including phenoxy) is 1. The number of amides is 1. The van der Waals surface area contributed by atoms with Crippen molar-refractivity contribution >= 4 is 29.0 Å². The maximum absolute atomic E-state index is 15.0. The number of hydrogen-bond acceptors (Lipinski definition) is 6. The number of methoxy groups -OCH3 is 1. The SMILES string of the molecule is COC(=S)NC(c1ccc(N2CCN(C(=O)C3CC3)CC2)c(F)c1)c1c[nH]nn1. The molecule has 0 spiro atoms. The molecule has 29 heavy (non-hydrogen) atoms. The van der Waals surface area contributed by atoms with E-state index in [1.54, 1.807) is 12.3 Å². The van der Waals surface area contributed by atoms with Gasteiger partial charge in [-0.2, -0.15) is 0 Å². The van der Waals surface area contributed by atoms with E-state index in [1.807, 2.05) is 15.9 Å². The zero-order valence-electron chi connectivity index (χ0n) is 16.1. The minimum atomic E-state index is -0.488. The monoisotopic (exact) mass is 418 g/mol. The highest BCUT2D eigenvalue weighted by atomic mass is 32.1. The quantitative estimate of drug-likeness (QED) is 0.714. The van der Waals surface area contributed by atoms with Crippen LogP contribution in [0.3, 0.4) is 0 Å². The van der Waals surface area contributed by atoms with E-state index in [4.69, 9.17) is 17.0 Å². The molecule has 1 aromatic heterocycles. The van der Waals surface area contributed by atoms with Crippen LogP contribution in [-0.2, 0) is 9.53 Å². The van der Waals surface area contributed by atoms with Crippen LogP contribution in [0.25, 0.3) is 0 Å². The van der Waals surface area contributed by atoms with Crippen LogP contribution in [0.4, 0.5) is 10.1 Å². The molecule has 2 heterocycles. The van der Waals surface area contributed by atoms with Crippen LogP contribution < -0.4 is 10.2 Å². The summed E-state index contributed by atoms with van der Waals surface area (Å²) in [4.78, 5) is 16.1. The lowest BCUT2D eigenvalue weighted by molar-refractivity contribution is -0.132. The third-order valence-electron chi connectivity index (χ3n) is 5.34. The van der Waals surface area contributed by atoms with Gasteiger partial charge in [-0.05, 0) is 42.8 Å². The summed E-state index contributed by atoms with van der Waals surface area (Å²) < 4.78 is 20.0. The van der Waals surface area contributed by atoms with Gasteiger partial charge in [-0.15, -0.1) is 5.10 Å². The van der Waals surface area contributed by atoms with Gasteiger partial charge in [0.15, 0.2) is 0 Å². The number of carbonyl (C=O) groups is 1. The number of carbonyl (C=O) groups excluding carboxylic acids is 1. The first-order chi connectivity index (χ1) is 14.1. The Morgan fingerprint density at radius 2 is 2.10 bits per heavy atom. The molecule has 1 aromatic carbocycles. The van der Waals surface area contributed by atoms with Gasteiger partial charge >= 0.3 is 0 Å². The largest absolute Gasteiger partial charge is 0.474 e. The lowest BCUT2D eigenvalue weighted by atomic mass is 10.0. The number of aromatic nitrogens is 3. The van der Waals surface area contributed by atoms with Gasteiger partial charge in [-0.1, -0.05) is 11.3 Å². The highest BCUT2D eigenvalue weighted by Crippen LogP contribution is 2.32. The van der Waals surface area contributed by atoms with Gasteiger partial charge in [0, 0.05) is 38.3 Å². The number of piperazine rings is 1. The first-order valence-electron chi connectivity index (χ1n) is 9.61. The van der Waals surface area contributed by atoms with Crippen LogP contribution in [0, 0.1) is 11.7 Å². The molecular formula is C19H23FN6O2S. The van der Waals surface area contributed by atoms with Crippen molar-refractivity contribution in [2.24, 2.45) is 5.92 Å². The molecule has 2 fully saturated rings. The molecule has 8 nitrogen and oxygen atoms in total. The van der Waals surface area contributed by atoms with Crippen LogP contribution in [0.5, 0.6) is 0 Å². The molecule has 4 rings (SSSR count). The van der Waals surface area contributed by atoms with Crippen LogP contribution in [0.2, 0.25) is 0 Å². The third-order valence-corrected chi connectivity index (χ3v) is 5.63. The summed E-state index contributed by atoms with van der Waals surface area (Å²) in [6, 6.07) is 4.58. The van der Waals surface area contributed by atoms with Crippen LogP contribution in [0.15, 0.2) is 24.4 Å². The van der Waals surface area contributed by atoms with Gasteiger partial charge in [0.05, 0.1) is 12.8 Å². The number of thiocarbonyl (C=S) groups is 1. The molecule has 1 amide bonds. The molecular weight excluding hydrogens is 395 g/mol. The second kappa shape index (κ2) is 8.32. The summed E-state index contributed by atoms with van der Waals surface area (Å²) in [6.07, 6.45) is 3.63. The number of aromatic amines is 1. The standard InChI is InChI=1S/C19H23FN6O2S/c1-28-19(29)22-17(15-11-21-24-23-15)13-4-5-16(14(20)10-13)25-6-8-26(9-7-25)18(27)12-2-3-12/h4-5,10-12,17H,2-3,6-9H2,1H3,(H,22,29)(H,21,23,24). The number of anilines is 1. The van der Waals surface area contributed by atoms with E-state index in [-0.39, 0.29) is 22.8 Å². The van der Waals surface area contributed by atoms with Gasteiger partial charge in [0.25, 0.3) is 5.17 Å². The third kappa shape index (κ3) is 4.31. The fourth-order valence-electron chi connectivity index (χ4n) is 3.57. The molecule has 1 atom stereocenters. The van der Waals surface area contributed by atoms with Crippen molar-refractivity contribution in [3.63, 3.8) is 0 Å². The summed E-state index contributed by atoms with van der Waals surface area (Å²) in [5, 5.41) is 13.6. The Labute approximate surface area is 173 Å². The number of halogens is 1. The summed E-state index contributed by atoms with van der Waals surface area (Å²) in [7, 11) is 1.46. The van der Waals surface area contributed by atoms with Crippen LogP contribution in [-0.4, -0.2) is 64.7 Å². The molecule has 10 heteroatoms. The van der Waals surface area contributed by atoms with Gasteiger partial charge in [0.2, 0.25) is 5.91 Å². The van der Waals surface area contributed by atoms with Crippen molar-refractivity contribution in [2.45, 2.75) is 18.9 Å². The summed E-state index contributed by atoms with van der Waals surface area (Å²) in [5.41, 5.74) is 1.76. The predicted octanol–water partition coefficient (Wildman–Crippen LogP) is 1.61. The summed E-state index contributed by atoms with van der Waals surface area (Å²) in [5.74, 6) is 0.135. The van der Waals surface area contributed by atoms with Crippen molar-refractivity contribution in [2.75, 3.05) is 38.2 Å². The molecule has 1 saturated heterocycles. The molecule has 1 saturated carbocycles. The van der Waals surface area contributed by atoms with E-state index < -0.39 is 6.04 Å². The van der Waals surface area contributed by atoms with E-state index in [0.717, 1.165) is 12.8 Å². The highest BCUT2D eigenvalue weighted by Gasteiger charge is 2.34. The lowest BCUT2D eigenvalue weighted by Gasteiger charge is -2.36. The molecule has 1 aliphatic carbocycles. The summed E-state index contributed by atoms with van der Waals surface area (Å²) >= 11 is 5.10. The summed E-state index contributed by atoms with van der Waals surface area (Å²) in [6.45, 7) is 2.49. The first-order valence-corrected chi connectivity index (χ1v) is 10.0. The fraction of sp³-hybridized carbons (Fsp3) is 0.474. The van der Waals surface area contributed by atoms with E-state index in [2.05, 4.69) is 20.7 Å². The van der Waals surface area contributed by atoms with E-state index in [1.165, 1.54) is 13.2 Å². The van der Waals surface area contributed by atoms with E-state index >= 15 is 0 Å². The molecule has 1 aliphatic heterocycles. The number of benzene rings is 1. The Balaban J connectivity index is 1.48. The number of nitrogens with one attached hydrogen (secondary N) is 2. The molecule has 0 bridgehead atoms. The van der Waals surface area contributed by atoms with Crippen molar-refractivity contribution in [1.29, 1.82) is 0 Å². The Hall–Kier alpha value is -2.75. The molecule has 2 aliphatic rings.